The van der Waals surface area contributed by atoms with E-state index in [1.165, 1.54) is 15.9 Å². The lowest BCUT2D eigenvalue weighted by molar-refractivity contribution is 0.0715. The Morgan fingerprint density at radius 2 is 2.00 bits per heavy atom. The van der Waals surface area contributed by atoms with E-state index in [0.29, 0.717) is 55.0 Å². The van der Waals surface area contributed by atoms with Crippen molar-refractivity contribution in [2.45, 2.75) is 26.3 Å². The van der Waals surface area contributed by atoms with Crippen LogP contribution in [0.25, 0.3) is 4.96 Å². The summed E-state index contributed by atoms with van der Waals surface area (Å²) in [5, 5.41) is 16.0. The number of benzene rings is 1. The maximum Gasteiger partial charge on any atom is 0.409 e. The van der Waals surface area contributed by atoms with Crippen LogP contribution in [0.4, 0.5) is 4.79 Å². The molecule has 4 rings (SSSR count). The molecule has 8 nitrogen and oxygen atoms in total. The molecule has 0 spiro atoms. The van der Waals surface area contributed by atoms with Crippen LogP contribution in [-0.4, -0.2) is 68.4 Å². The van der Waals surface area contributed by atoms with Crippen molar-refractivity contribution >= 4 is 34.0 Å². The molecule has 1 amide bonds. The summed E-state index contributed by atoms with van der Waals surface area (Å²) in [6.45, 7) is 6.48. The van der Waals surface area contributed by atoms with E-state index in [9.17, 15) is 9.90 Å². The van der Waals surface area contributed by atoms with Crippen molar-refractivity contribution in [3.8, 4) is 5.88 Å². The molecule has 0 radical (unpaired) electrons. The van der Waals surface area contributed by atoms with Crippen LogP contribution in [0.2, 0.25) is 5.02 Å². The molecule has 1 aromatic carbocycles. The number of aromatic nitrogens is 3. The van der Waals surface area contributed by atoms with E-state index in [1.54, 1.807) is 11.8 Å². The fraction of sp³-hybridized carbons (Fsp3) is 0.450. The standard InChI is InChI=1S/C20H24ClN5O3S/c1-3-15-22-19-26(23-15)18(27)17(30-19)16(13-7-5-6-8-14(13)21)24-9-11-25(12-10-24)20(28)29-4-2/h5-8,16,27H,3-4,9-12H2,1-2H3/t16-/m1/s1. The van der Waals surface area contributed by atoms with Gasteiger partial charge in [0.15, 0.2) is 5.82 Å². The average Bonchev–Trinajstić information content (AvgIpc) is 3.29. The van der Waals surface area contributed by atoms with Gasteiger partial charge in [0.1, 0.15) is 0 Å². The average molecular weight is 450 g/mol. The highest BCUT2D eigenvalue weighted by Gasteiger charge is 2.33. The van der Waals surface area contributed by atoms with Crippen LogP contribution in [0.5, 0.6) is 5.88 Å². The zero-order valence-electron chi connectivity index (χ0n) is 16.9. The minimum Gasteiger partial charge on any atom is -0.492 e. The molecule has 3 aromatic rings. The summed E-state index contributed by atoms with van der Waals surface area (Å²) in [4.78, 5) is 21.9. The second kappa shape index (κ2) is 8.79. The zero-order chi connectivity index (χ0) is 21.3. The second-order valence-corrected chi connectivity index (χ2v) is 8.43. The highest BCUT2D eigenvalue weighted by molar-refractivity contribution is 7.17. The first-order valence-electron chi connectivity index (χ1n) is 10.0. The molecule has 10 heteroatoms. The van der Waals surface area contributed by atoms with Gasteiger partial charge in [0.05, 0.1) is 17.5 Å². The van der Waals surface area contributed by atoms with Gasteiger partial charge in [-0.15, -0.1) is 5.10 Å². The summed E-state index contributed by atoms with van der Waals surface area (Å²) in [5.41, 5.74) is 0.902. The Morgan fingerprint density at radius 3 is 2.63 bits per heavy atom. The normalized spacial score (nSPS) is 16.2. The molecule has 3 heterocycles. The van der Waals surface area contributed by atoms with Gasteiger partial charge in [0.25, 0.3) is 0 Å². The van der Waals surface area contributed by atoms with Crippen LogP contribution in [0.15, 0.2) is 24.3 Å². The first-order chi connectivity index (χ1) is 14.5. The molecule has 1 aliphatic heterocycles. The summed E-state index contributed by atoms with van der Waals surface area (Å²) in [6, 6.07) is 7.38. The minimum atomic E-state index is -0.292. The van der Waals surface area contributed by atoms with E-state index < -0.39 is 0 Å². The summed E-state index contributed by atoms with van der Waals surface area (Å²) in [6.07, 6.45) is 0.410. The Kier molecular flexibility index (Phi) is 6.12. The topological polar surface area (TPSA) is 83.2 Å². The number of thiazole rings is 1. The molecule has 2 aromatic heterocycles. The van der Waals surface area contributed by atoms with Crippen molar-refractivity contribution in [2.75, 3.05) is 32.8 Å². The summed E-state index contributed by atoms with van der Waals surface area (Å²) < 4.78 is 6.62. The van der Waals surface area contributed by atoms with Gasteiger partial charge in [0, 0.05) is 37.6 Å². The fourth-order valence-electron chi connectivity index (χ4n) is 3.70. The summed E-state index contributed by atoms with van der Waals surface area (Å²) in [5.74, 6) is 0.778. The van der Waals surface area contributed by atoms with Gasteiger partial charge in [-0.25, -0.2) is 9.78 Å². The SMILES string of the molecule is CCOC(=O)N1CCN([C@H](c2ccccc2Cl)c2sc3nc(CC)nn3c2O)CC1. The first-order valence-corrected chi connectivity index (χ1v) is 11.2. The molecule has 0 bridgehead atoms. The van der Waals surface area contributed by atoms with E-state index in [2.05, 4.69) is 15.0 Å². The Bertz CT molecular complexity index is 1040. The molecule has 0 saturated carbocycles. The van der Waals surface area contributed by atoms with E-state index >= 15 is 0 Å². The van der Waals surface area contributed by atoms with Crippen molar-refractivity contribution in [3.63, 3.8) is 0 Å². The first kappa shape index (κ1) is 20.9. The van der Waals surface area contributed by atoms with Crippen molar-refractivity contribution in [3.05, 3.63) is 45.6 Å². The smallest absolute Gasteiger partial charge is 0.409 e. The van der Waals surface area contributed by atoms with Crippen LogP contribution in [-0.2, 0) is 11.2 Å². The number of nitrogens with zero attached hydrogens (tertiary/aromatic N) is 5. The molecule has 1 atom stereocenters. The third-order valence-electron chi connectivity index (χ3n) is 5.21. The van der Waals surface area contributed by atoms with E-state index in [-0.39, 0.29) is 18.0 Å². The third-order valence-corrected chi connectivity index (χ3v) is 6.63. The molecule has 1 saturated heterocycles. The van der Waals surface area contributed by atoms with E-state index in [1.807, 2.05) is 31.2 Å². The van der Waals surface area contributed by atoms with Crippen LogP contribution < -0.4 is 0 Å². The molecule has 1 fully saturated rings. The number of amides is 1. The molecular formula is C20H24ClN5O3S. The second-order valence-electron chi connectivity index (χ2n) is 7.01. The highest BCUT2D eigenvalue weighted by atomic mass is 35.5. The van der Waals surface area contributed by atoms with Gasteiger partial charge in [-0.05, 0) is 18.6 Å². The van der Waals surface area contributed by atoms with Crippen LogP contribution >= 0.6 is 22.9 Å². The van der Waals surface area contributed by atoms with Gasteiger partial charge in [-0.1, -0.05) is 48.1 Å². The molecule has 0 aliphatic carbocycles. The highest BCUT2D eigenvalue weighted by Crippen LogP contribution is 2.42. The molecular weight excluding hydrogens is 426 g/mol. The van der Waals surface area contributed by atoms with E-state index in [0.717, 1.165) is 10.4 Å². The number of aryl methyl sites for hydroxylation is 1. The Labute approximate surface area is 183 Å². The van der Waals surface area contributed by atoms with E-state index in [4.69, 9.17) is 16.3 Å². The number of fused-ring (bicyclic) bond motifs is 1. The lowest BCUT2D eigenvalue weighted by Gasteiger charge is -2.38. The van der Waals surface area contributed by atoms with Crippen molar-refractivity contribution < 1.29 is 14.6 Å². The van der Waals surface area contributed by atoms with Crippen LogP contribution in [0.1, 0.15) is 36.2 Å². The fourth-order valence-corrected chi connectivity index (χ4v) is 5.06. The largest absolute Gasteiger partial charge is 0.492 e. The number of ether oxygens (including phenoxy) is 1. The van der Waals surface area contributed by atoms with Gasteiger partial charge >= 0.3 is 6.09 Å². The van der Waals surface area contributed by atoms with Crippen molar-refractivity contribution in [1.82, 2.24) is 24.4 Å². The van der Waals surface area contributed by atoms with Crippen LogP contribution in [0, 0.1) is 0 Å². The molecule has 1 N–H and O–H groups in total. The zero-order valence-corrected chi connectivity index (χ0v) is 18.5. The monoisotopic (exact) mass is 449 g/mol. The lowest BCUT2D eigenvalue weighted by atomic mass is 10.0. The number of rotatable bonds is 5. The third kappa shape index (κ3) is 3.84. The molecule has 160 valence electrons. The van der Waals surface area contributed by atoms with Crippen molar-refractivity contribution in [1.29, 1.82) is 0 Å². The molecule has 0 unspecified atom stereocenters. The number of piperazine rings is 1. The van der Waals surface area contributed by atoms with Crippen LogP contribution in [0.3, 0.4) is 0 Å². The lowest BCUT2D eigenvalue weighted by Crippen LogP contribution is -2.50. The van der Waals surface area contributed by atoms with Gasteiger partial charge in [-0.3, -0.25) is 4.90 Å². The number of hydrogen-bond acceptors (Lipinski definition) is 7. The minimum absolute atomic E-state index is 0.0833. The maximum atomic E-state index is 12.1. The van der Waals surface area contributed by atoms with Gasteiger partial charge < -0.3 is 14.7 Å². The number of carbonyl (C=O) groups is 1. The molecule has 30 heavy (non-hydrogen) atoms. The predicted octanol–water partition coefficient (Wildman–Crippen LogP) is 3.58. The van der Waals surface area contributed by atoms with Crippen molar-refractivity contribution in [2.24, 2.45) is 0 Å². The summed E-state index contributed by atoms with van der Waals surface area (Å²) >= 11 is 7.97. The van der Waals surface area contributed by atoms with Gasteiger partial charge in [-0.2, -0.15) is 4.52 Å². The predicted molar refractivity (Wildman–Crippen MR) is 115 cm³/mol. The number of halogens is 1. The summed E-state index contributed by atoms with van der Waals surface area (Å²) in [7, 11) is 0. The maximum absolute atomic E-state index is 12.1. The molecule has 1 aliphatic rings. The Morgan fingerprint density at radius 1 is 1.27 bits per heavy atom. The van der Waals surface area contributed by atoms with Gasteiger partial charge in [0.2, 0.25) is 10.8 Å². The number of carbonyl (C=O) groups excluding carboxylic acids is 1. The number of hydrogen-bond donors (Lipinski definition) is 1. The Hall–Kier alpha value is -2.36. The Balaban J connectivity index is 1.69. The number of aromatic hydroxyl groups is 1. The quantitative estimate of drug-likeness (QED) is 0.641.